The minimum atomic E-state index is -0.459. The molecular formula is C24H33IN2O3S. The second-order valence-corrected chi connectivity index (χ2v) is 11.1. The highest BCUT2D eigenvalue weighted by molar-refractivity contribution is 14.1. The Morgan fingerprint density at radius 3 is 2.42 bits per heavy atom. The molecule has 1 aliphatic rings. The lowest BCUT2D eigenvalue weighted by Gasteiger charge is -2.28. The first kappa shape index (κ1) is 24.6. The van der Waals surface area contributed by atoms with Gasteiger partial charge < -0.3 is 9.47 Å². The molecule has 3 rings (SSSR count). The van der Waals surface area contributed by atoms with E-state index < -0.39 is 5.60 Å². The molecule has 0 aliphatic heterocycles. The number of hydrogen-bond acceptors (Lipinski definition) is 5. The monoisotopic (exact) mass is 556 g/mol. The first-order chi connectivity index (χ1) is 14.8. The SMILES string of the molecule is CSc1c(I)c(-c2ccccc2)nn1CC1CCC(COCC(=O)OC(C)(C)C)CC1. The highest BCUT2D eigenvalue weighted by Gasteiger charge is 2.25. The van der Waals surface area contributed by atoms with E-state index in [0.717, 1.165) is 25.1 Å². The quantitative estimate of drug-likeness (QED) is 0.226. The number of rotatable bonds is 8. The van der Waals surface area contributed by atoms with Gasteiger partial charge in [-0.3, -0.25) is 4.68 Å². The maximum Gasteiger partial charge on any atom is 0.332 e. The van der Waals surface area contributed by atoms with Crippen LogP contribution in [0.2, 0.25) is 0 Å². The molecule has 1 fully saturated rings. The van der Waals surface area contributed by atoms with E-state index >= 15 is 0 Å². The van der Waals surface area contributed by atoms with Crippen LogP contribution < -0.4 is 0 Å². The van der Waals surface area contributed by atoms with Gasteiger partial charge in [-0.25, -0.2) is 4.79 Å². The number of thioether (sulfide) groups is 1. The standard InChI is InChI=1S/C24H33IN2O3S/c1-24(2,3)30-20(28)16-29-15-18-12-10-17(11-13-18)14-27-23(31-4)21(25)22(26-27)19-8-6-5-7-9-19/h5-9,17-18H,10-16H2,1-4H3. The van der Waals surface area contributed by atoms with Crippen LogP contribution in [0.1, 0.15) is 46.5 Å². The third-order valence-corrected chi connectivity index (χ3v) is 7.67. The zero-order chi connectivity index (χ0) is 22.4. The fraction of sp³-hybridized carbons (Fsp3) is 0.583. The van der Waals surface area contributed by atoms with Crippen molar-refractivity contribution in [3.63, 3.8) is 0 Å². The molecular weight excluding hydrogens is 523 g/mol. The Balaban J connectivity index is 1.49. The molecule has 1 saturated carbocycles. The number of hydrogen-bond donors (Lipinski definition) is 0. The van der Waals surface area contributed by atoms with E-state index in [1.165, 1.54) is 27.0 Å². The van der Waals surface area contributed by atoms with Gasteiger partial charge in [0.15, 0.2) is 0 Å². The Hall–Kier alpha value is -1.06. The molecule has 0 unspecified atom stereocenters. The lowest BCUT2D eigenvalue weighted by atomic mass is 9.82. The fourth-order valence-electron chi connectivity index (χ4n) is 4.03. The topological polar surface area (TPSA) is 53.4 Å². The van der Waals surface area contributed by atoms with Crippen LogP contribution in [-0.4, -0.2) is 40.8 Å². The van der Waals surface area contributed by atoms with Gasteiger partial charge >= 0.3 is 5.97 Å². The van der Waals surface area contributed by atoms with Gasteiger partial charge in [-0.2, -0.15) is 5.10 Å². The fourth-order valence-corrected chi connectivity index (χ4v) is 5.99. The summed E-state index contributed by atoms with van der Waals surface area (Å²) < 4.78 is 14.4. The second kappa shape index (κ2) is 11.2. The number of carbonyl (C=O) groups excluding carboxylic acids is 1. The number of halogens is 1. The maximum absolute atomic E-state index is 11.8. The van der Waals surface area contributed by atoms with Crippen molar-refractivity contribution in [3.8, 4) is 11.3 Å². The summed E-state index contributed by atoms with van der Waals surface area (Å²) in [7, 11) is 0. The highest BCUT2D eigenvalue weighted by atomic mass is 127. The lowest BCUT2D eigenvalue weighted by molar-refractivity contribution is -0.160. The molecule has 5 nitrogen and oxygen atoms in total. The molecule has 2 aromatic rings. The minimum Gasteiger partial charge on any atom is -0.458 e. The Kier molecular flexibility index (Phi) is 8.87. The summed E-state index contributed by atoms with van der Waals surface area (Å²) >= 11 is 4.21. The Morgan fingerprint density at radius 1 is 1.16 bits per heavy atom. The van der Waals surface area contributed by atoms with Crippen LogP contribution in [0.5, 0.6) is 0 Å². The van der Waals surface area contributed by atoms with E-state index in [4.69, 9.17) is 14.6 Å². The zero-order valence-electron chi connectivity index (χ0n) is 18.9. The van der Waals surface area contributed by atoms with E-state index in [2.05, 4.69) is 57.8 Å². The molecule has 0 N–H and O–H groups in total. The maximum atomic E-state index is 11.8. The largest absolute Gasteiger partial charge is 0.458 e. The number of esters is 1. The van der Waals surface area contributed by atoms with Crippen LogP contribution in [0.3, 0.4) is 0 Å². The van der Waals surface area contributed by atoms with Crippen LogP contribution in [0.25, 0.3) is 11.3 Å². The highest BCUT2D eigenvalue weighted by Crippen LogP contribution is 2.35. The van der Waals surface area contributed by atoms with Gasteiger partial charge in [0, 0.05) is 12.1 Å². The second-order valence-electron chi connectivity index (χ2n) is 9.21. The molecule has 0 spiro atoms. The van der Waals surface area contributed by atoms with E-state index in [-0.39, 0.29) is 12.6 Å². The molecule has 1 aromatic carbocycles. The number of nitrogens with zero attached hydrogens (tertiary/aromatic N) is 2. The smallest absolute Gasteiger partial charge is 0.332 e. The van der Waals surface area contributed by atoms with Crippen molar-refractivity contribution in [3.05, 3.63) is 33.9 Å². The summed E-state index contributed by atoms with van der Waals surface area (Å²) in [4.78, 5) is 11.8. The molecule has 0 amide bonds. The molecule has 1 aliphatic carbocycles. The summed E-state index contributed by atoms with van der Waals surface area (Å²) in [5.74, 6) is 0.872. The molecule has 0 radical (unpaired) electrons. The van der Waals surface area contributed by atoms with Crippen LogP contribution in [0.4, 0.5) is 0 Å². The molecule has 1 heterocycles. The van der Waals surface area contributed by atoms with Crippen LogP contribution in [0.15, 0.2) is 35.4 Å². The lowest BCUT2D eigenvalue weighted by Crippen LogP contribution is -2.28. The van der Waals surface area contributed by atoms with Gasteiger partial charge in [0.2, 0.25) is 0 Å². The molecule has 0 saturated heterocycles. The summed E-state index contributed by atoms with van der Waals surface area (Å²) in [5.41, 5.74) is 1.79. The van der Waals surface area contributed by atoms with Gasteiger partial charge in [-0.1, -0.05) is 30.3 Å². The average Bonchev–Trinajstić information content (AvgIpc) is 3.03. The van der Waals surface area contributed by atoms with Crippen molar-refractivity contribution in [2.75, 3.05) is 19.5 Å². The van der Waals surface area contributed by atoms with Crippen molar-refractivity contribution in [1.29, 1.82) is 0 Å². The van der Waals surface area contributed by atoms with Crippen molar-refractivity contribution in [2.45, 2.75) is 63.6 Å². The molecule has 0 atom stereocenters. The molecule has 0 bridgehead atoms. The zero-order valence-corrected chi connectivity index (χ0v) is 21.9. The molecule has 1 aromatic heterocycles. The predicted octanol–water partition coefficient (Wildman–Crippen LogP) is 6.04. The number of benzene rings is 1. The molecule has 7 heteroatoms. The number of carbonyl (C=O) groups is 1. The van der Waals surface area contributed by atoms with Crippen LogP contribution in [-0.2, 0) is 20.8 Å². The Labute approximate surface area is 203 Å². The van der Waals surface area contributed by atoms with Gasteiger partial charge in [-0.05, 0) is 87.1 Å². The Morgan fingerprint density at radius 2 is 1.81 bits per heavy atom. The molecule has 31 heavy (non-hydrogen) atoms. The third-order valence-electron chi connectivity index (χ3n) is 5.48. The third kappa shape index (κ3) is 7.22. The van der Waals surface area contributed by atoms with E-state index in [1.807, 2.05) is 26.8 Å². The van der Waals surface area contributed by atoms with Gasteiger partial charge in [0.1, 0.15) is 22.9 Å². The van der Waals surface area contributed by atoms with Crippen LogP contribution in [0, 0.1) is 15.4 Å². The number of aromatic nitrogens is 2. The number of ether oxygens (including phenoxy) is 2. The van der Waals surface area contributed by atoms with E-state index in [9.17, 15) is 4.79 Å². The van der Waals surface area contributed by atoms with Crippen molar-refractivity contribution in [1.82, 2.24) is 9.78 Å². The van der Waals surface area contributed by atoms with Crippen LogP contribution >= 0.6 is 34.4 Å². The minimum absolute atomic E-state index is 0.0439. The normalized spacial score (nSPS) is 19.4. The first-order valence-electron chi connectivity index (χ1n) is 10.9. The Bertz CT molecular complexity index is 856. The summed E-state index contributed by atoms with van der Waals surface area (Å²) in [6.07, 6.45) is 6.75. The van der Waals surface area contributed by atoms with Gasteiger partial charge in [0.05, 0.1) is 10.2 Å². The summed E-state index contributed by atoms with van der Waals surface area (Å²) in [6.45, 7) is 7.26. The van der Waals surface area contributed by atoms with Crippen molar-refractivity contribution in [2.24, 2.45) is 11.8 Å². The summed E-state index contributed by atoms with van der Waals surface area (Å²) in [6, 6.07) is 10.4. The van der Waals surface area contributed by atoms with Gasteiger partial charge in [-0.15, -0.1) is 11.8 Å². The van der Waals surface area contributed by atoms with E-state index in [1.54, 1.807) is 11.8 Å². The van der Waals surface area contributed by atoms with Gasteiger partial charge in [0.25, 0.3) is 0 Å². The first-order valence-corrected chi connectivity index (χ1v) is 13.2. The van der Waals surface area contributed by atoms with Crippen molar-refractivity contribution >= 4 is 40.3 Å². The summed E-state index contributed by atoms with van der Waals surface area (Å²) in [5, 5.41) is 6.23. The van der Waals surface area contributed by atoms with Crippen molar-refractivity contribution < 1.29 is 14.3 Å². The molecule has 170 valence electrons. The predicted molar refractivity (Wildman–Crippen MR) is 134 cm³/mol. The average molecular weight is 557 g/mol. The van der Waals surface area contributed by atoms with E-state index in [0.29, 0.717) is 18.4 Å².